The molecule has 1 aliphatic rings. The van der Waals surface area contributed by atoms with E-state index in [1.807, 2.05) is 45.9 Å². The molecule has 0 aliphatic heterocycles. The first-order valence-corrected chi connectivity index (χ1v) is 13.0. The second kappa shape index (κ2) is 12.9. The minimum Gasteiger partial charge on any atom is -0.468 e. The van der Waals surface area contributed by atoms with Gasteiger partial charge in [-0.3, -0.25) is 14.4 Å². The van der Waals surface area contributed by atoms with Crippen LogP contribution in [0.25, 0.3) is 0 Å². The van der Waals surface area contributed by atoms with Crippen molar-refractivity contribution < 1.29 is 28.7 Å². The summed E-state index contributed by atoms with van der Waals surface area (Å²) in [6, 6.07) is 3.66. The highest BCUT2D eigenvalue weighted by molar-refractivity contribution is 5.94. The quantitative estimate of drug-likeness (QED) is 0.454. The van der Waals surface area contributed by atoms with Gasteiger partial charge in [0.2, 0.25) is 11.8 Å². The first-order chi connectivity index (χ1) is 17.3. The Labute approximate surface area is 220 Å². The van der Waals surface area contributed by atoms with E-state index >= 15 is 0 Å². The van der Waals surface area contributed by atoms with Crippen LogP contribution in [0.2, 0.25) is 0 Å². The van der Waals surface area contributed by atoms with Crippen LogP contribution in [0.3, 0.4) is 0 Å². The van der Waals surface area contributed by atoms with E-state index in [2.05, 4.69) is 10.6 Å². The fraction of sp³-hybridized carbons (Fsp3) is 0.643. The Kier molecular flexibility index (Phi) is 10.5. The molecular formula is C28H43N3O6. The standard InChI is InChI=1S/C28H43N3O6/c1-9-17(2)23(30-27(35)37-28(5,6)7)26(34)31(20-14-11-15-20)24(25(33)29-16-21(32)36-8)22-18(3)12-10-13-19(22)4/h10,12-13,17,20,23-24H,9,11,14-16H2,1-8H3,(H,29,33)(H,30,35). The van der Waals surface area contributed by atoms with Crippen LogP contribution >= 0.6 is 0 Å². The van der Waals surface area contributed by atoms with Crippen molar-refractivity contribution in [1.29, 1.82) is 0 Å². The number of alkyl carbamates (subject to hydrolysis) is 1. The van der Waals surface area contributed by atoms with E-state index in [0.29, 0.717) is 12.0 Å². The Morgan fingerprint density at radius 1 is 1.11 bits per heavy atom. The van der Waals surface area contributed by atoms with Gasteiger partial charge in [-0.15, -0.1) is 0 Å². The molecule has 37 heavy (non-hydrogen) atoms. The minimum absolute atomic E-state index is 0.174. The van der Waals surface area contributed by atoms with Gasteiger partial charge >= 0.3 is 12.1 Å². The third-order valence-corrected chi connectivity index (χ3v) is 6.85. The Hall–Kier alpha value is -3.10. The van der Waals surface area contributed by atoms with Crippen LogP contribution in [0.15, 0.2) is 18.2 Å². The number of methoxy groups -OCH3 is 1. The van der Waals surface area contributed by atoms with Crippen LogP contribution in [-0.4, -0.2) is 60.1 Å². The van der Waals surface area contributed by atoms with Gasteiger partial charge in [0.1, 0.15) is 24.2 Å². The minimum atomic E-state index is -0.976. The van der Waals surface area contributed by atoms with Gasteiger partial charge in [-0.1, -0.05) is 38.5 Å². The maximum atomic E-state index is 14.3. The van der Waals surface area contributed by atoms with Crippen molar-refractivity contribution in [1.82, 2.24) is 15.5 Å². The van der Waals surface area contributed by atoms with Crippen LogP contribution in [0, 0.1) is 19.8 Å². The highest BCUT2D eigenvalue weighted by Crippen LogP contribution is 2.36. The topological polar surface area (TPSA) is 114 Å². The third kappa shape index (κ3) is 7.94. The lowest BCUT2D eigenvalue weighted by molar-refractivity contribution is -0.149. The molecular weight excluding hydrogens is 474 g/mol. The average molecular weight is 518 g/mol. The van der Waals surface area contributed by atoms with Gasteiger partial charge in [-0.2, -0.15) is 0 Å². The van der Waals surface area contributed by atoms with Crippen molar-refractivity contribution in [3.05, 3.63) is 34.9 Å². The average Bonchev–Trinajstić information content (AvgIpc) is 2.78. The summed E-state index contributed by atoms with van der Waals surface area (Å²) in [5, 5.41) is 5.44. The number of hydrogen-bond donors (Lipinski definition) is 2. The number of rotatable bonds is 10. The van der Waals surface area contributed by atoms with E-state index in [0.717, 1.165) is 30.4 Å². The van der Waals surface area contributed by atoms with Crippen LogP contribution in [0.5, 0.6) is 0 Å². The summed E-state index contributed by atoms with van der Waals surface area (Å²) < 4.78 is 10.1. The van der Waals surface area contributed by atoms with Crippen molar-refractivity contribution in [3.63, 3.8) is 0 Å². The number of ether oxygens (including phenoxy) is 2. The van der Waals surface area contributed by atoms with Gasteiger partial charge < -0.3 is 25.0 Å². The molecule has 9 nitrogen and oxygen atoms in total. The molecule has 3 atom stereocenters. The van der Waals surface area contributed by atoms with E-state index in [4.69, 9.17) is 9.47 Å². The highest BCUT2D eigenvalue weighted by atomic mass is 16.6. The van der Waals surface area contributed by atoms with Crippen LogP contribution < -0.4 is 10.6 Å². The fourth-order valence-corrected chi connectivity index (χ4v) is 4.44. The number of esters is 1. The molecule has 1 aromatic rings. The van der Waals surface area contributed by atoms with Gasteiger partial charge in [0.25, 0.3) is 0 Å². The molecule has 2 N–H and O–H groups in total. The SMILES string of the molecule is CCC(C)C(NC(=O)OC(C)(C)C)C(=O)N(C1CCC1)C(C(=O)NCC(=O)OC)c1c(C)cccc1C. The molecule has 0 bridgehead atoms. The Morgan fingerprint density at radius 3 is 2.16 bits per heavy atom. The number of amides is 3. The number of nitrogens with zero attached hydrogens (tertiary/aromatic N) is 1. The highest BCUT2D eigenvalue weighted by Gasteiger charge is 2.44. The molecule has 206 valence electrons. The van der Waals surface area contributed by atoms with Crippen molar-refractivity contribution in [2.24, 2.45) is 5.92 Å². The number of carbonyl (C=O) groups excluding carboxylic acids is 4. The summed E-state index contributed by atoms with van der Waals surface area (Å²) >= 11 is 0. The zero-order valence-electron chi connectivity index (χ0n) is 23.5. The predicted molar refractivity (Wildman–Crippen MR) is 141 cm³/mol. The van der Waals surface area contributed by atoms with Gasteiger partial charge in [-0.05, 0) is 76.5 Å². The summed E-state index contributed by atoms with van der Waals surface area (Å²) in [7, 11) is 1.25. The van der Waals surface area contributed by atoms with Gasteiger partial charge in [0.05, 0.1) is 7.11 Å². The second-order valence-corrected chi connectivity index (χ2v) is 10.8. The normalized spacial score (nSPS) is 16.0. The summed E-state index contributed by atoms with van der Waals surface area (Å²) in [5.74, 6) is -1.60. The van der Waals surface area contributed by atoms with Crippen LogP contribution in [0.1, 0.15) is 83.0 Å². The molecule has 0 aromatic heterocycles. The number of nitrogens with one attached hydrogen (secondary N) is 2. The summed E-state index contributed by atoms with van der Waals surface area (Å²) in [6.07, 6.45) is 2.38. The van der Waals surface area contributed by atoms with E-state index in [1.54, 1.807) is 25.7 Å². The molecule has 9 heteroatoms. The lowest BCUT2D eigenvalue weighted by atomic mass is 9.85. The van der Waals surface area contributed by atoms with Gasteiger partial charge in [0, 0.05) is 6.04 Å². The van der Waals surface area contributed by atoms with E-state index in [1.165, 1.54) is 7.11 Å². The van der Waals surface area contributed by atoms with Crippen LogP contribution in [0.4, 0.5) is 4.79 Å². The van der Waals surface area contributed by atoms with Gasteiger partial charge in [-0.25, -0.2) is 4.79 Å². The number of aryl methyl sites for hydroxylation is 2. The van der Waals surface area contributed by atoms with Crippen molar-refractivity contribution in [3.8, 4) is 0 Å². The molecule has 1 aromatic carbocycles. The summed E-state index contributed by atoms with van der Waals surface area (Å²) in [4.78, 5) is 54.2. The molecule has 3 amide bonds. The lowest BCUT2D eigenvalue weighted by Gasteiger charge is -2.45. The Bertz CT molecular complexity index is 962. The van der Waals surface area contributed by atoms with Gasteiger partial charge in [0.15, 0.2) is 0 Å². The van der Waals surface area contributed by atoms with E-state index < -0.39 is 35.7 Å². The fourth-order valence-electron chi connectivity index (χ4n) is 4.44. The predicted octanol–water partition coefficient (Wildman–Crippen LogP) is 3.95. The van der Waals surface area contributed by atoms with Crippen LogP contribution in [-0.2, 0) is 23.9 Å². The third-order valence-electron chi connectivity index (χ3n) is 6.85. The zero-order chi connectivity index (χ0) is 27.9. The van der Waals surface area contributed by atoms with E-state index in [-0.39, 0.29) is 24.4 Å². The summed E-state index contributed by atoms with van der Waals surface area (Å²) in [6.45, 7) is 12.6. The van der Waals surface area contributed by atoms with Crippen molar-refractivity contribution in [2.75, 3.05) is 13.7 Å². The smallest absolute Gasteiger partial charge is 0.408 e. The number of hydrogen-bond acceptors (Lipinski definition) is 6. The maximum absolute atomic E-state index is 14.3. The first kappa shape index (κ1) is 30.1. The zero-order valence-corrected chi connectivity index (χ0v) is 23.5. The Morgan fingerprint density at radius 2 is 1.70 bits per heavy atom. The molecule has 2 rings (SSSR count). The van der Waals surface area contributed by atoms with E-state index in [9.17, 15) is 19.2 Å². The van der Waals surface area contributed by atoms with Crippen molar-refractivity contribution in [2.45, 2.75) is 97.9 Å². The monoisotopic (exact) mass is 517 g/mol. The Balaban J connectivity index is 2.56. The molecule has 0 spiro atoms. The summed E-state index contributed by atoms with van der Waals surface area (Å²) in [5.41, 5.74) is 1.70. The molecule has 1 saturated carbocycles. The lowest BCUT2D eigenvalue weighted by Crippen LogP contribution is -2.59. The molecule has 0 radical (unpaired) electrons. The molecule has 3 unspecified atom stereocenters. The maximum Gasteiger partial charge on any atom is 0.408 e. The largest absolute Gasteiger partial charge is 0.468 e. The number of benzene rings is 1. The van der Waals surface area contributed by atoms with Crippen molar-refractivity contribution >= 4 is 23.9 Å². The molecule has 0 saturated heterocycles. The number of carbonyl (C=O) groups is 4. The molecule has 0 heterocycles. The first-order valence-electron chi connectivity index (χ1n) is 13.0. The molecule has 1 aliphatic carbocycles. The second-order valence-electron chi connectivity index (χ2n) is 10.8. The molecule has 1 fully saturated rings.